The van der Waals surface area contributed by atoms with Crippen molar-refractivity contribution in [2.24, 2.45) is 0 Å². The predicted molar refractivity (Wildman–Crippen MR) is 94.4 cm³/mol. The fourth-order valence-electron chi connectivity index (χ4n) is 2.42. The zero-order chi connectivity index (χ0) is 16.8. The second-order valence-corrected chi connectivity index (χ2v) is 6.20. The van der Waals surface area contributed by atoms with E-state index in [-0.39, 0.29) is 18.6 Å². The van der Waals surface area contributed by atoms with E-state index in [1.54, 1.807) is 17.5 Å². The third-order valence-electron chi connectivity index (χ3n) is 3.72. The van der Waals surface area contributed by atoms with E-state index in [9.17, 15) is 4.79 Å². The van der Waals surface area contributed by atoms with Gasteiger partial charge in [0.15, 0.2) is 6.61 Å². The van der Waals surface area contributed by atoms with E-state index in [4.69, 9.17) is 4.74 Å². The van der Waals surface area contributed by atoms with E-state index >= 15 is 0 Å². The molecule has 0 bridgehead atoms. The number of benzene rings is 1. The van der Waals surface area contributed by atoms with Crippen molar-refractivity contribution < 1.29 is 9.53 Å². The molecule has 0 spiro atoms. The number of carbonyl (C=O) groups is 1. The molecule has 1 aromatic carbocycles. The van der Waals surface area contributed by atoms with Gasteiger partial charge in [0, 0.05) is 18.9 Å². The van der Waals surface area contributed by atoms with E-state index < -0.39 is 0 Å². The molecule has 0 aliphatic carbocycles. The van der Waals surface area contributed by atoms with Crippen LogP contribution in [0.15, 0.2) is 59.6 Å². The Hall–Kier alpha value is -2.60. The molecule has 1 N–H and O–H groups in total. The SMILES string of the molecule is Cc1ccccc1OCC(=O)NC[C@@H](c1ccsc1)n1cccn1. The fraction of sp³-hybridized carbons (Fsp3) is 0.222. The third-order valence-corrected chi connectivity index (χ3v) is 4.42. The van der Waals surface area contributed by atoms with Crippen LogP contribution in [-0.2, 0) is 4.79 Å². The number of rotatable bonds is 7. The average molecular weight is 341 g/mol. The van der Waals surface area contributed by atoms with Crippen molar-refractivity contribution in [2.75, 3.05) is 13.2 Å². The molecular weight excluding hydrogens is 322 g/mol. The molecule has 6 heteroatoms. The first-order chi connectivity index (χ1) is 11.7. The number of amides is 1. The van der Waals surface area contributed by atoms with Gasteiger partial charge in [-0.25, -0.2) is 0 Å². The summed E-state index contributed by atoms with van der Waals surface area (Å²) in [5.41, 5.74) is 2.14. The van der Waals surface area contributed by atoms with E-state index in [1.807, 2.05) is 59.6 Å². The zero-order valence-electron chi connectivity index (χ0n) is 13.4. The van der Waals surface area contributed by atoms with Gasteiger partial charge in [-0.3, -0.25) is 9.48 Å². The quantitative estimate of drug-likeness (QED) is 0.719. The molecule has 0 aliphatic heterocycles. The number of aryl methyl sites for hydroxylation is 1. The van der Waals surface area contributed by atoms with Crippen molar-refractivity contribution in [2.45, 2.75) is 13.0 Å². The van der Waals surface area contributed by atoms with Crippen molar-refractivity contribution in [3.63, 3.8) is 0 Å². The highest BCUT2D eigenvalue weighted by molar-refractivity contribution is 7.07. The van der Waals surface area contributed by atoms with Gasteiger partial charge in [0.25, 0.3) is 5.91 Å². The average Bonchev–Trinajstić information content (AvgIpc) is 3.28. The van der Waals surface area contributed by atoms with Crippen LogP contribution >= 0.6 is 11.3 Å². The summed E-state index contributed by atoms with van der Waals surface area (Å²) in [6, 6.07) is 11.6. The van der Waals surface area contributed by atoms with Crippen LogP contribution < -0.4 is 10.1 Å². The van der Waals surface area contributed by atoms with Gasteiger partial charge in [-0.1, -0.05) is 18.2 Å². The number of carbonyl (C=O) groups excluding carboxylic acids is 1. The number of aromatic nitrogens is 2. The topological polar surface area (TPSA) is 56.1 Å². The minimum Gasteiger partial charge on any atom is -0.484 e. The van der Waals surface area contributed by atoms with Crippen LogP contribution in [0.5, 0.6) is 5.75 Å². The molecule has 124 valence electrons. The van der Waals surface area contributed by atoms with Crippen LogP contribution in [0.1, 0.15) is 17.2 Å². The summed E-state index contributed by atoms with van der Waals surface area (Å²) in [5.74, 6) is 0.583. The molecule has 0 radical (unpaired) electrons. The van der Waals surface area contributed by atoms with Gasteiger partial charge >= 0.3 is 0 Å². The summed E-state index contributed by atoms with van der Waals surface area (Å²) in [7, 11) is 0. The molecule has 3 aromatic rings. The molecule has 3 rings (SSSR count). The Kier molecular flexibility index (Phi) is 5.28. The fourth-order valence-corrected chi connectivity index (χ4v) is 3.12. The van der Waals surface area contributed by atoms with E-state index in [2.05, 4.69) is 15.8 Å². The molecule has 2 aromatic heterocycles. The monoisotopic (exact) mass is 341 g/mol. The molecule has 5 nitrogen and oxygen atoms in total. The van der Waals surface area contributed by atoms with Crippen LogP contribution in [0, 0.1) is 6.92 Å². The van der Waals surface area contributed by atoms with Crippen molar-refractivity contribution in [1.29, 1.82) is 0 Å². The van der Waals surface area contributed by atoms with Gasteiger partial charge in [-0.2, -0.15) is 16.4 Å². The predicted octanol–water partition coefficient (Wildman–Crippen LogP) is 3.04. The van der Waals surface area contributed by atoms with E-state index in [0.717, 1.165) is 16.9 Å². The second-order valence-electron chi connectivity index (χ2n) is 5.42. The second kappa shape index (κ2) is 7.79. The largest absolute Gasteiger partial charge is 0.484 e. The number of hydrogen-bond acceptors (Lipinski definition) is 4. The first-order valence-corrected chi connectivity index (χ1v) is 8.64. The van der Waals surface area contributed by atoms with E-state index in [0.29, 0.717) is 6.54 Å². The van der Waals surface area contributed by atoms with Gasteiger partial charge < -0.3 is 10.1 Å². The lowest BCUT2D eigenvalue weighted by Gasteiger charge is -2.17. The number of ether oxygens (including phenoxy) is 1. The Labute approximate surface area is 144 Å². The molecular formula is C18H19N3O2S. The maximum atomic E-state index is 12.1. The molecule has 1 atom stereocenters. The Balaban J connectivity index is 1.57. The number of nitrogens with zero attached hydrogens (tertiary/aromatic N) is 2. The van der Waals surface area contributed by atoms with Crippen molar-refractivity contribution in [3.8, 4) is 5.75 Å². The Bertz CT molecular complexity index is 735. The van der Waals surface area contributed by atoms with Crippen LogP contribution in [-0.4, -0.2) is 28.8 Å². The Morgan fingerprint density at radius 1 is 1.33 bits per heavy atom. The molecule has 0 saturated heterocycles. The number of thiophene rings is 1. The van der Waals surface area contributed by atoms with Gasteiger partial charge in [0.05, 0.1) is 6.04 Å². The number of hydrogen-bond donors (Lipinski definition) is 1. The minimum atomic E-state index is -0.148. The number of para-hydroxylation sites is 1. The smallest absolute Gasteiger partial charge is 0.258 e. The zero-order valence-corrected chi connectivity index (χ0v) is 14.2. The lowest BCUT2D eigenvalue weighted by atomic mass is 10.1. The normalized spacial score (nSPS) is 11.9. The van der Waals surface area contributed by atoms with Crippen LogP contribution in [0.25, 0.3) is 0 Å². The first-order valence-electron chi connectivity index (χ1n) is 7.70. The molecule has 0 saturated carbocycles. The molecule has 24 heavy (non-hydrogen) atoms. The maximum Gasteiger partial charge on any atom is 0.258 e. The van der Waals surface area contributed by atoms with Gasteiger partial charge in [0.1, 0.15) is 5.75 Å². The lowest BCUT2D eigenvalue weighted by molar-refractivity contribution is -0.123. The van der Waals surface area contributed by atoms with Crippen LogP contribution in [0.3, 0.4) is 0 Å². The molecule has 0 fully saturated rings. The highest BCUT2D eigenvalue weighted by atomic mass is 32.1. The van der Waals surface area contributed by atoms with Gasteiger partial charge in [0.2, 0.25) is 0 Å². The molecule has 1 amide bonds. The third kappa shape index (κ3) is 4.02. The van der Waals surface area contributed by atoms with Gasteiger partial charge in [-0.15, -0.1) is 0 Å². The van der Waals surface area contributed by atoms with Crippen molar-refractivity contribution in [3.05, 3.63) is 70.7 Å². The number of nitrogens with one attached hydrogen (secondary N) is 1. The minimum absolute atomic E-state index is 0.000315. The highest BCUT2D eigenvalue weighted by Crippen LogP contribution is 2.19. The van der Waals surface area contributed by atoms with Crippen molar-refractivity contribution in [1.82, 2.24) is 15.1 Å². The summed E-state index contributed by atoms with van der Waals surface area (Å²) < 4.78 is 7.43. The summed E-state index contributed by atoms with van der Waals surface area (Å²) >= 11 is 1.63. The van der Waals surface area contributed by atoms with E-state index in [1.165, 1.54) is 0 Å². The van der Waals surface area contributed by atoms with Crippen LogP contribution in [0.2, 0.25) is 0 Å². The molecule has 0 aliphatic rings. The molecule has 2 heterocycles. The Morgan fingerprint density at radius 3 is 2.92 bits per heavy atom. The summed E-state index contributed by atoms with van der Waals surface area (Å²) in [4.78, 5) is 12.1. The lowest BCUT2D eigenvalue weighted by Crippen LogP contribution is -2.34. The highest BCUT2D eigenvalue weighted by Gasteiger charge is 2.16. The Morgan fingerprint density at radius 2 is 2.21 bits per heavy atom. The van der Waals surface area contributed by atoms with Crippen LogP contribution in [0.4, 0.5) is 0 Å². The van der Waals surface area contributed by atoms with Crippen molar-refractivity contribution >= 4 is 17.2 Å². The maximum absolute atomic E-state index is 12.1. The summed E-state index contributed by atoms with van der Waals surface area (Å²) in [6.07, 6.45) is 3.64. The first kappa shape index (κ1) is 16.3. The summed E-state index contributed by atoms with van der Waals surface area (Å²) in [6.45, 7) is 2.42. The molecule has 0 unspecified atom stereocenters. The standard InChI is InChI=1S/C18H19N3O2S/c1-14-5-2-3-6-17(14)23-12-18(22)19-11-16(15-7-10-24-13-15)21-9-4-8-20-21/h2-10,13,16H,11-12H2,1H3,(H,19,22)/t16-/m0/s1. The van der Waals surface area contributed by atoms with Gasteiger partial charge in [-0.05, 0) is 47.0 Å². The summed E-state index contributed by atoms with van der Waals surface area (Å²) in [5, 5.41) is 11.3.